The van der Waals surface area contributed by atoms with E-state index >= 15 is 0 Å². The quantitative estimate of drug-likeness (QED) is 0.786. The minimum Gasteiger partial charge on any atom is -0.385 e. The minimum atomic E-state index is 0.0954. The van der Waals surface area contributed by atoms with Crippen LogP contribution in [-0.4, -0.2) is 43.8 Å². The topological polar surface area (TPSA) is 41.6 Å². The normalized spacial score (nSPS) is 18.2. The smallest absolute Gasteiger partial charge is 0.317 e. The number of nitrogens with zero attached hydrogens (tertiary/aromatic N) is 1. The number of hydrogen-bond donors (Lipinski definition) is 1. The Morgan fingerprint density at radius 2 is 2.14 bits per heavy atom. The lowest BCUT2D eigenvalue weighted by molar-refractivity contribution is 0.133. The van der Waals surface area contributed by atoms with Gasteiger partial charge in [0.1, 0.15) is 0 Å². The lowest BCUT2D eigenvalue weighted by Gasteiger charge is -2.35. The minimum absolute atomic E-state index is 0.0954. The van der Waals surface area contributed by atoms with Crippen LogP contribution in [0, 0.1) is 0 Å². The third kappa shape index (κ3) is 5.34. The average molecular weight is 304 g/mol. The average Bonchev–Trinajstić information content (AvgIpc) is 2.56. The van der Waals surface area contributed by atoms with Gasteiger partial charge in [0.05, 0.1) is 0 Å². The summed E-state index contributed by atoms with van der Waals surface area (Å²) in [6, 6.07) is 10.8. The second-order valence-electron chi connectivity index (χ2n) is 5.95. The Hall–Kier alpha value is -1.55. The van der Waals surface area contributed by atoms with Gasteiger partial charge in [0.25, 0.3) is 0 Å². The Kier molecular flexibility index (Phi) is 7.23. The number of ether oxygens (including phenoxy) is 1. The first-order valence-electron chi connectivity index (χ1n) is 8.38. The van der Waals surface area contributed by atoms with Crippen LogP contribution >= 0.6 is 0 Å². The van der Waals surface area contributed by atoms with Crippen molar-refractivity contribution in [3.8, 4) is 0 Å². The highest BCUT2D eigenvalue weighted by atomic mass is 16.5. The van der Waals surface area contributed by atoms with E-state index in [-0.39, 0.29) is 6.03 Å². The van der Waals surface area contributed by atoms with Crippen LogP contribution in [0.25, 0.3) is 0 Å². The van der Waals surface area contributed by atoms with Crippen LogP contribution in [0.2, 0.25) is 0 Å². The zero-order chi connectivity index (χ0) is 15.6. The second-order valence-corrected chi connectivity index (χ2v) is 5.95. The van der Waals surface area contributed by atoms with Gasteiger partial charge in [0.2, 0.25) is 0 Å². The molecule has 1 heterocycles. The van der Waals surface area contributed by atoms with Gasteiger partial charge in [-0.05, 0) is 44.1 Å². The number of amides is 2. The van der Waals surface area contributed by atoms with Crippen molar-refractivity contribution in [3.05, 3.63) is 35.9 Å². The first kappa shape index (κ1) is 16.8. The van der Waals surface area contributed by atoms with Crippen molar-refractivity contribution in [1.82, 2.24) is 10.2 Å². The van der Waals surface area contributed by atoms with E-state index in [4.69, 9.17) is 4.74 Å². The molecule has 1 fully saturated rings. The molecular weight excluding hydrogens is 276 g/mol. The summed E-state index contributed by atoms with van der Waals surface area (Å²) in [5.74, 6) is 0. The molecule has 4 nitrogen and oxygen atoms in total. The van der Waals surface area contributed by atoms with Crippen LogP contribution in [0.5, 0.6) is 0 Å². The number of methoxy groups -OCH3 is 1. The van der Waals surface area contributed by atoms with Gasteiger partial charge in [-0.1, -0.05) is 30.3 Å². The van der Waals surface area contributed by atoms with Gasteiger partial charge in [-0.25, -0.2) is 4.79 Å². The Bertz CT molecular complexity index is 436. The molecule has 0 radical (unpaired) electrons. The van der Waals surface area contributed by atoms with E-state index in [1.165, 1.54) is 12.0 Å². The molecule has 1 saturated heterocycles. The highest BCUT2D eigenvalue weighted by molar-refractivity contribution is 5.74. The van der Waals surface area contributed by atoms with Crippen LogP contribution in [0.15, 0.2) is 30.3 Å². The number of carbonyl (C=O) groups excluding carboxylic acids is 1. The molecule has 0 bridgehead atoms. The molecule has 1 aromatic carbocycles. The maximum atomic E-state index is 12.4. The van der Waals surface area contributed by atoms with Crippen LogP contribution in [-0.2, 0) is 11.2 Å². The summed E-state index contributed by atoms with van der Waals surface area (Å²) in [6.07, 6.45) is 6.41. The van der Waals surface area contributed by atoms with Crippen molar-refractivity contribution in [1.29, 1.82) is 0 Å². The van der Waals surface area contributed by atoms with Crippen LogP contribution in [0.3, 0.4) is 0 Å². The zero-order valence-electron chi connectivity index (χ0n) is 13.6. The van der Waals surface area contributed by atoms with E-state index in [1.807, 2.05) is 23.1 Å². The van der Waals surface area contributed by atoms with Crippen LogP contribution < -0.4 is 5.32 Å². The third-order valence-electron chi connectivity index (χ3n) is 4.31. The van der Waals surface area contributed by atoms with Crippen molar-refractivity contribution in [3.63, 3.8) is 0 Å². The number of benzene rings is 1. The van der Waals surface area contributed by atoms with Gasteiger partial charge in [0.15, 0.2) is 0 Å². The Morgan fingerprint density at radius 1 is 1.32 bits per heavy atom. The van der Waals surface area contributed by atoms with Crippen molar-refractivity contribution in [2.45, 2.75) is 44.6 Å². The molecule has 1 aliphatic heterocycles. The maximum Gasteiger partial charge on any atom is 0.317 e. The highest BCUT2D eigenvalue weighted by Crippen LogP contribution is 2.20. The standard InChI is InChI=1S/C18H28N2O2/c1-22-15-7-11-17-10-5-6-14-20(17)18(21)19-13-12-16-8-3-2-4-9-16/h2-4,8-9,17H,5-7,10-15H2,1H3,(H,19,21)/t17-/m1/s1. The molecule has 1 aliphatic rings. The largest absolute Gasteiger partial charge is 0.385 e. The van der Waals surface area contributed by atoms with E-state index in [0.29, 0.717) is 12.6 Å². The first-order chi connectivity index (χ1) is 10.8. The van der Waals surface area contributed by atoms with E-state index < -0.39 is 0 Å². The molecule has 0 spiro atoms. The molecule has 2 rings (SSSR count). The number of nitrogens with one attached hydrogen (secondary N) is 1. The van der Waals surface area contributed by atoms with Gasteiger partial charge >= 0.3 is 6.03 Å². The molecule has 0 aliphatic carbocycles. The van der Waals surface area contributed by atoms with Crippen molar-refractivity contribution in [2.75, 3.05) is 26.8 Å². The lowest BCUT2D eigenvalue weighted by Crippen LogP contribution is -2.49. The Balaban J connectivity index is 1.76. The van der Waals surface area contributed by atoms with Crippen LogP contribution in [0.1, 0.15) is 37.7 Å². The van der Waals surface area contributed by atoms with Gasteiger partial charge < -0.3 is 15.0 Å². The first-order valence-corrected chi connectivity index (χ1v) is 8.38. The summed E-state index contributed by atoms with van der Waals surface area (Å²) >= 11 is 0. The summed E-state index contributed by atoms with van der Waals surface area (Å²) < 4.78 is 5.12. The van der Waals surface area contributed by atoms with Gasteiger partial charge in [-0.2, -0.15) is 0 Å². The molecule has 2 amide bonds. The van der Waals surface area contributed by atoms with Crippen LogP contribution in [0.4, 0.5) is 4.79 Å². The summed E-state index contributed by atoms with van der Waals surface area (Å²) in [5, 5.41) is 3.08. The molecular formula is C18H28N2O2. The second kappa shape index (κ2) is 9.46. The van der Waals surface area contributed by atoms with E-state index in [2.05, 4.69) is 17.4 Å². The summed E-state index contributed by atoms with van der Waals surface area (Å²) in [7, 11) is 1.73. The molecule has 0 saturated carbocycles. The van der Waals surface area contributed by atoms with Gasteiger partial charge in [-0.15, -0.1) is 0 Å². The molecule has 1 atom stereocenters. The zero-order valence-corrected chi connectivity index (χ0v) is 13.6. The highest BCUT2D eigenvalue weighted by Gasteiger charge is 2.25. The SMILES string of the molecule is COCCC[C@H]1CCCCN1C(=O)NCCc1ccccc1. The third-order valence-corrected chi connectivity index (χ3v) is 4.31. The van der Waals surface area contributed by atoms with E-state index in [1.54, 1.807) is 7.11 Å². The van der Waals surface area contributed by atoms with E-state index in [9.17, 15) is 4.79 Å². The number of piperidine rings is 1. The number of rotatable bonds is 7. The van der Waals surface area contributed by atoms with Crippen molar-refractivity contribution >= 4 is 6.03 Å². The molecule has 4 heteroatoms. The molecule has 0 aromatic heterocycles. The Morgan fingerprint density at radius 3 is 2.91 bits per heavy atom. The monoisotopic (exact) mass is 304 g/mol. The molecule has 1 N–H and O–H groups in total. The predicted octanol–water partition coefficient (Wildman–Crippen LogP) is 3.22. The van der Waals surface area contributed by atoms with Crippen molar-refractivity contribution < 1.29 is 9.53 Å². The molecule has 1 aromatic rings. The Labute approximate surface area is 133 Å². The fourth-order valence-electron chi connectivity index (χ4n) is 3.09. The fourth-order valence-corrected chi connectivity index (χ4v) is 3.09. The summed E-state index contributed by atoms with van der Waals surface area (Å²) in [6.45, 7) is 2.36. The molecule has 122 valence electrons. The lowest BCUT2D eigenvalue weighted by atomic mass is 9.98. The molecule has 0 unspecified atom stereocenters. The predicted molar refractivity (Wildman–Crippen MR) is 89.0 cm³/mol. The summed E-state index contributed by atoms with van der Waals surface area (Å²) in [4.78, 5) is 14.4. The molecule has 22 heavy (non-hydrogen) atoms. The maximum absolute atomic E-state index is 12.4. The summed E-state index contributed by atoms with van der Waals surface area (Å²) in [5.41, 5.74) is 1.26. The van der Waals surface area contributed by atoms with Gasteiger partial charge in [-0.3, -0.25) is 0 Å². The fraction of sp³-hybridized carbons (Fsp3) is 0.611. The number of carbonyl (C=O) groups is 1. The number of likely N-dealkylation sites (tertiary alicyclic amines) is 1. The van der Waals surface area contributed by atoms with Crippen molar-refractivity contribution in [2.24, 2.45) is 0 Å². The van der Waals surface area contributed by atoms with Gasteiger partial charge in [0, 0.05) is 32.8 Å². The number of hydrogen-bond acceptors (Lipinski definition) is 2. The van der Waals surface area contributed by atoms with E-state index in [0.717, 1.165) is 45.3 Å². The number of urea groups is 1.